The fraction of sp³-hybridized carbons (Fsp3) is 0.625. The molecule has 6 heteroatoms. The van der Waals surface area contributed by atoms with Crippen LogP contribution in [0.3, 0.4) is 0 Å². The molecule has 166 valence electrons. The molecule has 5 nitrogen and oxygen atoms in total. The molecule has 0 radical (unpaired) electrons. The van der Waals surface area contributed by atoms with E-state index in [9.17, 15) is 20.1 Å². The van der Waals surface area contributed by atoms with Crippen molar-refractivity contribution in [3.05, 3.63) is 35.2 Å². The van der Waals surface area contributed by atoms with Gasteiger partial charge in [0.25, 0.3) is 0 Å². The highest BCUT2D eigenvalue weighted by Crippen LogP contribution is 2.41. The summed E-state index contributed by atoms with van der Waals surface area (Å²) < 4.78 is 5.83. The van der Waals surface area contributed by atoms with Crippen LogP contribution >= 0.6 is 11.3 Å². The molecule has 3 rings (SSSR count). The van der Waals surface area contributed by atoms with Gasteiger partial charge in [0, 0.05) is 16.0 Å². The largest absolute Gasteiger partial charge is 0.469 e. The minimum absolute atomic E-state index is 0.0269. The van der Waals surface area contributed by atoms with Gasteiger partial charge in [-0.15, -0.1) is 11.3 Å². The number of methoxy groups -OCH3 is 1. The van der Waals surface area contributed by atoms with E-state index in [0.29, 0.717) is 25.7 Å². The van der Waals surface area contributed by atoms with E-state index in [1.54, 1.807) is 11.3 Å². The smallest absolute Gasteiger partial charge is 0.305 e. The van der Waals surface area contributed by atoms with Crippen LogP contribution < -0.4 is 0 Å². The molecule has 0 aliphatic heterocycles. The van der Waals surface area contributed by atoms with Gasteiger partial charge in [0.05, 0.1) is 25.4 Å². The second-order valence-corrected chi connectivity index (χ2v) is 9.62. The third kappa shape index (κ3) is 6.03. The second-order valence-electron chi connectivity index (χ2n) is 8.51. The summed E-state index contributed by atoms with van der Waals surface area (Å²) in [6.07, 6.45) is 5.33. The highest BCUT2D eigenvalue weighted by molar-refractivity contribution is 7.19. The Morgan fingerprint density at radius 2 is 1.80 bits per heavy atom. The summed E-state index contributed by atoms with van der Waals surface area (Å²) in [4.78, 5) is 12.1. The summed E-state index contributed by atoms with van der Waals surface area (Å²) in [6.45, 7) is 0. The Morgan fingerprint density at radius 3 is 2.53 bits per heavy atom. The number of aliphatic hydroxyl groups excluding tert-OH is 3. The van der Waals surface area contributed by atoms with Gasteiger partial charge in [-0.05, 0) is 61.5 Å². The molecule has 3 N–H and O–H groups in total. The van der Waals surface area contributed by atoms with Gasteiger partial charge in [0.15, 0.2) is 0 Å². The fourth-order valence-corrected chi connectivity index (χ4v) is 5.83. The quantitative estimate of drug-likeness (QED) is 0.356. The van der Waals surface area contributed by atoms with E-state index < -0.39 is 18.3 Å². The molecule has 0 amide bonds. The monoisotopic (exact) mass is 434 g/mol. The Balaban J connectivity index is 1.46. The molecule has 2 aromatic rings. The van der Waals surface area contributed by atoms with Crippen molar-refractivity contribution < 1.29 is 24.9 Å². The third-order valence-electron chi connectivity index (χ3n) is 6.46. The van der Waals surface area contributed by atoms with Crippen molar-refractivity contribution in [2.24, 2.45) is 11.8 Å². The lowest BCUT2D eigenvalue weighted by atomic mass is 9.84. The Kier molecular flexibility index (Phi) is 8.69. The van der Waals surface area contributed by atoms with Gasteiger partial charge >= 0.3 is 5.97 Å². The SMILES string of the molecule is COC(=O)CCCCCCC1[C@@H](CCC(O)c2cc3ccccc3s2)[C@H](O)C[C@@H]1O. The molecule has 30 heavy (non-hydrogen) atoms. The Bertz CT molecular complexity index is 771. The number of thiophene rings is 1. The van der Waals surface area contributed by atoms with Crippen molar-refractivity contribution in [2.45, 2.75) is 76.1 Å². The second kappa shape index (κ2) is 11.2. The summed E-state index contributed by atoms with van der Waals surface area (Å²) in [5, 5.41) is 32.7. The van der Waals surface area contributed by atoms with Crippen LogP contribution in [-0.4, -0.2) is 40.6 Å². The molecular formula is C24H34O5S. The van der Waals surface area contributed by atoms with E-state index in [2.05, 4.69) is 22.9 Å². The van der Waals surface area contributed by atoms with Gasteiger partial charge in [-0.1, -0.05) is 37.5 Å². The Labute approximate surface area is 182 Å². The average molecular weight is 435 g/mol. The van der Waals surface area contributed by atoms with E-state index in [1.165, 1.54) is 11.8 Å². The first-order chi connectivity index (χ1) is 14.5. The molecule has 1 saturated carbocycles. The molecule has 0 saturated heterocycles. The van der Waals surface area contributed by atoms with Crippen LogP contribution in [0.1, 0.15) is 68.8 Å². The molecular weight excluding hydrogens is 400 g/mol. The minimum atomic E-state index is -0.536. The van der Waals surface area contributed by atoms with Gasteiger partial charge in [-0.3, -0.25) is 4.79 Å². The number of fused-ring (bicyclic) bond motifs is 1. The molecule has 2 unspecified atom stereocenters. The molecule has 1 fully saturated rings. The molecule has 1 aromatic heterocycles. The number of esters is 1. The molecule has 1 heterocycles. The standard InChI is InChI=1S/C24H34O5S/c1-29-24(28)11-5-3-2-4-9-17-18(21(27)15-20(17)26)12-13-19(25)23-14-16-8-6-7-10-22(16)30-23/h6-8,10,14,17-21,25-27H,2-5,9,11-13,15H2,1H3/t17?,18-,19?,20+,21-/m1/s1. The molecule has 0 spiro atoms. The van der Waals surface area contributed by atoms with Gasteiger partial charge in [0.2, 0.25) is 0 Å². The van der Waals surface area contributed by atoms with Crippen LogP contribution in [0.15, 0.2) is 30.3 Å². The van der Waals surface area contributed by atoms with E-state index in [-0.39, 0.29) is 17.8 Å². The maximum atomic E-state index is 11.2. The van der Waals surface area contributed by atoms with Gasteiger partial charge < -0.3 is 20.1 Å². The molecule has 1 aliphatic carbocycles. The van der Waals surface area contributed by atoms with Crippen LogP contribution in [0.2, 0.25) is 0 Å². The molecule has 1 aliphatic rings. The summed E-state index contributed by atoms with van der Waals surface area (Å²) in [6, 6.07) is 10.2. The van der Waals surface area contributed by atoms with E-state index >= 15 is 0 Å². The Morgan fingerprint density at radius 1 is 1.10 bits per heavy atom. The zero-order valence-electron chi connectivity index (χ0n) is 17.7. The lowest BCUT2D eigenvalue weighted by Crippen LogP contribution is -2.23. The number of rotatable bonds is 11. The van der Waals surface area contributed by atoms with Gasteiger partial charge in [-0.25, -0.2) is 0 Å². The van der Waals surface area contributed by atoms with E-state index in [1.807, 2.05) is 12.1 Å². The van der Waals surface area contributed by atoms with Gasteiger partial charge in [0.1, 0.15) is 0 Å². The predicted molar refractivity (Wildman–Crippen MR) is 119 cm³/mol. The fourth-order valence-electron chi connectivity index (χ4n) is 4.74. The Hall–Kier alpha value is -1.47. The lowest BCUT2D eigenvalue weighted by Gasteiger charge is -2.24. The van der Waals surface area contributed by atoms with Crippen molar-refractivity contribution in [1.29, 1.82) is 0 Å². The summed E-state index contributed by atoms with van der Waals surface area (Å²) >= 11 is 1.62. The highest BCUT2D eigenvalue weighted by atomic mass is 32.1. The number of carbonyl (C=O) groups is 1. The van der Waals surface area contributed by atoms with Crippen molar-refractivity contribution >= 4 is 27.4 Å². The van der Waals surface area contributed by atoms with Crippen molar-refractivity contribution in [1.82, 2.24) is 0 Å². The van der Waals surface area contributed by atoms with Crippen molar-refractivity contribution in [3.8, 4) is 0 Å². The minimum Gasteiger partial charge on any atom is -0.469 e. The maximum Gasteiger partial charge on any atom is 0.305 e. The van der Waals surface area contributed by atoms with E-state index in [0.717, 1.165) is 42.4 Å². The number of aliphatic hydroxyl groups is 3. The van der Waals surface area contributed by atoms with Crippen LogP contribution in [-0.2, 0) is 9.53 Å². The zero-order valence-corrected chi connectivity index (χ0v) is 18.5. The number of hydrogen-bond donors (Lipinski definition) is 3. The zero-order chi connectivity index (χ0) is 21.5. The molecule has 1 aromatic carbocycles. The molecule has 5 atom stereocenters. The summed E-state index contributed by atoms with van der Waals surface area (Å²) in [5.74, 6) is -0.0593. The van der Waals surface area contributed by atoms with Crippen LogP contribution in [0, 0.1) is 11.8 Å². The summed E-state index contributed by atoms with van der Waals surface area (Å²) in [7, 11) is 1.41. The van der Waals surface area contributed by atoms with E-state index in [4.69, 9.17) is 0 Å². The van der Waals surface area contributed by atoms with Crippen LogP contribution in [0.25, 0.3) is 10.1 Å². The number of benzene rings is 1. The van der Waals surface area contributed by atoms with Crippen molar-refractivity contribution in [3.63, 3.8) is 0 Å². The average Bonchev–Trinajstić information content (AvgIpc) is 3.29. The first kappa shape index (κ1) is 23.2. The predicted octanol–water partition coefficient (Wildman–Crippen LogP) is 4.59. The highest BCUT2D eigenvalue weighted by Gasteiger charge is 2.40. The van der Waals surface area contributed by atoms with Crippen LogP contribution in [0.5, 0.6) is 0 Å². The maximum absolute atomic E-state index is 11.2. The summed E-state index contributed by atoms with van der Waals surface area (Å²) in [5.41, 5.74) is 0. The topological polar surface area (TPSA) is 87.0 Å². The van der Waals surface area contributed by atoms with Gasteiger partial charge in [-0.2, -0.15) is 0 Å². The number of unbranched alkanes of at least 4 members (excludes halogenated alkanes) is 3. The van der Waals surface area contributed by atoms with Crippen molar-refractivity contribution in [2.75, 3.05) is 7.11 Å². The third-order valence-corrected chi connectivity index (χ3v) is 7.68. The lowest BCUT2D eigenvalue weighted by molar-refractivity contribution is -0.140. The first-order valence-corrected chi connectivity index (χ1v) is 11.9. The van der Waals surface area contributed by atoms with Crippen LogP contribution in [0.4, 0.5) is 0 Å². The number of hydrogen-bond acceptors (Lipinski definition) is 6. The first-order valence-electron chi connectivity index (χ1n) is 11.1. The normalized spacial score (nSPS) is 24.9. The number of ether oxygens (including phenoxy) is 1. The number of carbonyl (C=O) groups excluding carboxylic acids is 1. The molecule has 0 bridgehead atoms.